The second kappa shape index (κ2) is 10.5. The summed E-state index contributed by atoms with van der Waals surface area (Å²) in [6, 6.07) is 26.2. The highest BCUT2D eigenvalue weighted by Gasteiger charge is 2.15. The van der Waals surface area contributed by atoms with Crippen LogP contribution in [0.4, 0.5) is 0 Å². The Bertz CT molecular complexity index is 1200. The summed E-state index contributed by atoms with van der Waals surface area (Å²) >= 11 is 1.62. The summed E-state index contributed by atoms with van der Waals surface area (Å²) in [5, 5.41) is 6.01. The van der Waals surface area contributed by atoms with Crippen LogP contribution >= 0.6 is 11.3 Å². The van der Waals surface area contributed by atoms with E-state index >= 15 is 0 Å². The molecule has 1 atom stereocenters. The van der Waals surface area contributed by atoms with Crippen molar-refractivity contribution in [1.82, 2.24) is 10.3 Å². The number of rotatable bonds is 8. The summed E-state index contributed by atoms with van der Waals surface area (Å²) < 4.78 is 5.82. The van der Waals surface area contributed by atoms with Crippen LogP contribution in [0.5, 0.6) is 5.75 Å². The molecule has 1 N–H and O–H groups in total. The number of aromatic nitrogens is 1. The Morgan fingerprint density at radius 3 is 2.39 bits per heavy atom. The van der Waals surface area contributed by atoms with Gasteiger partial charge in [-0.25, -0.2) is 4.98 Å². The lowest BCUT2D eigenvalue weighted by molar-refractivity contribution is -0.127. The topological polar surface area (TPSA) is 51.2 Å². The minimum absolute atomic E-state index is 0.144. The lowest BCUT2D eigenvalue weighted by Crippen LogP contribution is -2.35. The average molecular weight is 457 g/mol. The molecular formula is C28H28N2O2S. The maximum absolute atomic E-state index is 12.6. The van der Waals surface area contributed by atoms with Gasteiger partial charge in [0, 0.05) is 23.1 Å². The van der Waals surface area contributed by atoms with Crippen LogP contribution in [0.2, 0.25) is 0 Å². The van der Waals surface area contributed by atoms with Crippen molar-refractivity contribution in [2.24, 2.45) is 0 Å². The number of thiazole rings is 1. The van der Waals surface area contributed by atoms with E-state index in [-0.39, 0.29) is 5.91 Å². The van der Waals surface area contributed by atoms with Crippen LogP contribution in [0.15, 0.2) is 84.2 Å². The molecule has 4 nitrogen and oxygen atoms in total. The van der Waals surface area contributed by atoms with E-state index in [1.54, 1.807) is 18.3 Å². The fourth-order valence-electron chi connectivity index (χ4n) is 3.48. The second-order valence-corrected chi connectivity index (χ2v) is 9.16. The van der Waals surface area contributed by atoms with Gasteiger partial charge in [-0.3, -0.25) is 4.79 Å². The predicted molar refractivity (Wildman–Crippen MR) is 135 cm³/mol. The molecule has 0 fully saturated rings. The summed E-state index contributed by atoms with van der Waals surface area (Å²) in [4.78, 5) is 17.4. The van der Waals surface area contributed by atoms with Crippen molar-refractivity contribution in [3.05, 3.63) is 95.4 Å². The van der Waals surface area contributed by atoms with Crippen LogP contribution in [-0.2, 0) is 11.3 Å². The molecule has 0 saturated heterocycles. The van der Waals surface area contributed by atoms with Crippen molar-refractivity contribution >= 4 is 17.2 Å². The highest BCUT2D eigenvalue weighted by Crippen LogP contribution is 2.29. The number of amides is 1. The molecule has 4 rings (SSSR count). The van der Waals surface area contributed by atoms with Crippen LogP contribution in [0.3, 0.4) is 0 Å². The Morgan fingerprint density at radius 1 is 0.939 bits per heavy atom. The van der Waals surface area contributed by atoms with Crippen molar-refractivity contribution in [1.29, 1.82) is 0 Å². The molecular weight excluding hydrogens is 428 g/mol. The summed E-state index contributed by atoms with van der Waals surface area (Å²) in [5.74, 6) is 1.01. The molecule has 0 aliphatic heterocycles. The van der Waals surface area contributed by atoms with Crippen LogP contribution < -0.4 is 10.1 Å². The molecule has 0 bridgehead atoms. The van der Waals surface area contributed by atoms with E-state index in [1.165, 1.54) is 5.56 Å². The number of hydrogen-bond donors (Lipinski definition) is 1. The molecule has 0 saturated carbocycles. The van der Waals surface area contributed by atoms with E-state index in [2.05, 4.69) is 42.7 Å². The SMILES string of the molecule is CC(Oc1ccc(C(C)C)cc1)C(=O)NCc1cccc(-c2nc(-c3ccccc3)cs2)c1. The minimum atomic E-state index is -0.578. The molecule has 1 unspecified atom stereocenters. The molecule has 33 heavy (non-hydrogen) atoms. The number of benzene rings is 3. The van der Waals surface area contributed by atoms with E-state index in [0.717, 1.165) is 27.4 Å². The van der Waals surface area contributed by atoms with Gasteiger partial charge in [0.05, 0.1) is 5.69 Å². The first kappa shape index (κ1) is 22.7. The van der Waals surface area contributed by atoms with Crippen molar-refractivity contribution in [3.63, 3.8) is 0 Å². The number of carbonyl (C=O) groups is 1. The Hall–Kier alpha value is -3.44. The fraction of sp³-hybridized carbons (Fsp3) is 0.214. The zero-order chi connectivity index (χ0) is 23.2. The normalized spacial score (nSPS) is 11.9. The number of ether oxygens (including phenoxy) is 1. The first-order chi connectivity index (χ1) is 16.0. The minimum Gasteiger partial charge on any atom is -0.481 e. The van der Waals surface area contributed by atoms with E-state index in [1.807, 2.05) is 60.7 Å². The second-order valence-electron chi connectivity index (χ2n) is 8.31. The zero-order valence-corrected chi connectivity index (χ0v) is 19.9. The number of nitrogens with zero attached hydrogens (tertiary/aromatic N) is 1. The fourth-order valence-corrected chi connectivity index (χ4v) is 4.31. The standard InChI is InChI=1S/C28H28N2O2S/c1-19(2)22-12-14-25(15-13-22)32-20(3)27(31)29-17-21-8-7-11-24(16-21)28-30-26(18-33-28)23-9-5-4-6-10-23/h4-16,18-20H,17H2,1-3H3,(H,29,31). The molecule has 1 aromatic heterocycles. The van der Waals surface area contributed by atoms with Crippen LogP contribution in [0, 0.1) is 0 Å². The highest BCUT2D eigenvalue weighted by atomic mass is 32.1. The molecule has 1 heterocycles. The third kappa shape index (κ3) is 5.88. The first-order valence-electron chi connectivity index (χ1n) is 11.1. The van der Waals surface area contributed by atoms with Crippen molar-refractivity contribution in [2.45, 2.75) is 39.3 Å². The van der Waals surface area contributed by atoms with Gasteiger partial charge in [0.1, 0.15) is 10.8 Å². The first-order valence-corrected chi connectivity index (χ1v) is 12.0. The highest BCUT2D eigenvalue weighted by molar-refractivity contribution is 7.13. The molecule has 1 amide bonds. The van der Waals surface area contributed by atoms with Crippen molar-refractivity contribution in [3.8, 4) is 27.6 Å². The van der Waals surface area contributed by atoms with Gasteiger partial charge in [-0.1, -0.05) is 74.5 Å². The summed E-state index contributed by atoms with van der Waals surface area (Å²) in [7, 11) is 0. The summed E-state index contributed by atoms with van der Waals surface area (Å²) in [6.07, 6.45) is -0.578. The van der Waals surface area contributed by atoms with E-state index in [9.17, 15) is 4.79 Å². The van der Waals surface area contributed by atoms with Gasteiger partial charge >= 0.3 is 0 Å². The molecule has 5 heteroatoms. The molecule has 3 aromatic carbocycles. The van der Waals surface area contributed by atoms with Crippen molar-refractivity contribution < 1.29 is 9.53 Å². The molecule has 0 spiro atoms. The molecule has 168 valence electrons. The van der Waals surface area contributed by atoms with Crippen LogP contribution in [-0.4, -0.2) is 17.0 Å². The van der Waals surface area contributed by atoms with E-state index in [0.29, 0.717) is 18.2 Å². The van der Waals surface area contributed by atoms with Gasteiger partial charge in [-0.05, 0) is 42.2 Å². The van der Waals surface area contributed by atoms with Gasteiger partial charge in [0.2, 0.25) is 0 Å². The van der Waals surface area contributed by atoms with Crippen molar-refractivity contribution in [2.75, 3.05) is 0 Å². The van der Waals surface area contributed by atoms with Crippen LogP contribution in [0.25, 0.3) is 21.8 Å². The van der Waals surface area contributed by atoms with Gasteiger partial charge in [-0.15, -0.1) is 11.3 Å². The zero-order valence-electron chi connectivity index (χ0n) is 19.1. The predicted octanol–water partition coefficient (Wildman–Crippen LogP) is 6.68. The maximum Gasteiger partial charge on any atom is 0.261 e. The molecule has 4 aromatic rings. The Balaban J connectivity index is 1.35. The Morgan fingerprint density at radius 2 is 1.67 bits per heavy atom. The largest absolute Gasteiger partial charge is 0.481 e. The summed E-state index contributed by atoms with van der Waals surface area (Å²) in [6.45, 7) is 6.50. The Labute approximate surface area is 199 Å². The monoisotopic (exact) mass is 456 g/mol. The summed E-state index contributed by atoms with van der Waals surface area (Å²) in [5.41, 5.74) is 5.39. The lowest BCUT2D eigenvalue weighted by Gasteiger charge is -2.15. The average Bonchev–Trinajstić information content (AvgIpc) is 3.34. The van der Waals surface area contributed by atoms with Gasteiger partial charge < -0.3 is 10.1 Å². The lowest BCUT2D eigenvalue weighted by atomic mass is 10.0. The number of nitrogens with one attached hydrogen (secondary N) is 1. The quantitative estimate of drug-likeness (QED) is 0.322. The van der Waals surface area contributed by atoms with Gasteiger partial charge in [0.25, 0.3) is 5.91 Å². The molecule has 0 aliphatic carbocycles. The molecule has 0 aliphatic rings. The van der Waals surface area contributed by atoms with Gasteiger partial charge in [0.15, 0.2) is 6.10 Å². The van der Waals surface area contributed by atoms with E-state index < -0.39 is 6.10 Å². The van der Waals surface area contributed by atoms with Crippen LogP contribution in [0.1, 0.15) is 37.8 Å². The smallest absolute Gasteiger partial charge is 0.261 e. The number of hydrogen-bond acceptors (Lipinski definition) is 4. The molecule has 0 radical (unpaired) electrons. The Kier molecular flexibility index (Phi) is 7.20. The number of carbonyl (C=O) groups excluding carboxylic acids is 1. The maximum atomic E-state index is 12.6. The van der Waals surface area contributed by atoms with E-state index in [4.69, 9.17) is 9.72 Å². The third-order valence-corrected chi connectivity index (χ3v) is 6.33. The third-order valence-electron chi connectivity index (χ3n) is 5.44. The van der Waals surface area contributed by atoms with Gasteiger partial charge in [-0.2, -0.15) is 0 Å².